The minimum atomic E-state index is -0.587. The van der Waals surface area contributed by atoms with Crippen LogP contribution in [0.5, 0.6) is 5.75 Å². The molecule has 7 nitrogen and oxygen atoms in total. The van der Waals surface area contributed by atoms with E-state index in [1.54, 1.807) is 22.8 Å². The molecule has 2 aliphatic heterocycles. The summed E-state index contributed by atoms with van der Waals surface area (Å²) in [5.41, 5.74) is 3.53. The number of pyridine rings is 1. The number of ether oxygens (including phenoxy) is 2. The normalized spacial score (nSPS) is 22.0. The molecule has 1 unspecified atom stereocenters. The van der Waals surface area contributed by atoms with Crippen LogP contribution in [0.4, 0.5) is 0 Å². The zero-order valence-electron chi connectivity index (χ0n) is 13.9. The number of rotatable bonds is 3. The van der Waals surface area contributed by atoms with Crippen molar-refractivity contribution in [2.45, 2.75) is 18.7 Å². The largest absolute Gasteiger partial charge is 0.482 e. The van der Waals surface area contributed by atoms with Gasteiger partial charge in [0.25, 0.3) is 5.91 Å². The lowest BCUT2D eigenvalue weighted by Gasteiger charge is -2.44. The molecule has 7 heteroatoms. The fourth-order valence-corrected chi connectivity index (χ4v) is 3.24. The lowest BCUT2D eigenvalue weighted by Crippen LogP contribution is -2.63. The predicted molar refractivity (Wildman–Crippen MR) is 91.1 cm³/mol. The van der Waals surface area contributed by atoms with E-state index < -0.39 is 5.66 Å². The number of benzene rings is 1. The molecule has 2 aliphatic rings. The highest BCUT2D eigenvalue weighted by molar-refractivity contribution is 5.96. The van der Waals surface area contributed by atoms with E-state index in [9.17, 15) is 9.59 Å². The van der Waals surface area contributed by atoms with Crippen molar-refractivity contribution < 1.29 is 14.3 Å². The summed E-state index contributed by atoms with van der Waals surface area (Å²) in [6, 6.07) is 10.9. The average Bonchev–Trinajstić information content (AvgIpc) is 3.10. The van der Waals surface area contributed by atoms with Gasteiger partial charge in [0.1, 0.15) is 6.61 Å². The van der Waals surface area contributed by atoms with Crippen LogP contribution in [-0.2, 0) is 11.3 Å². The molecule has 1 aromatic carbocycles. The number of aromatic nitrogens is 1. The quantitative estimate of drug-likeness (QED) is 0.907. The van der Waals surface area contributed by atoms with Crippen LogP contribution >= 0.6 is 0 Å². The van der Waals surface area contributed by atoms with Crippen molar-refractivity contribution in [1.82, 2.24) is 9.58 Å². The molecule has 1 N–H and O–H groups in total. The van der Waals surface area contributed by atoms with Gasteiger partial charge in [-0.25, -0.2) is 0 Å². The fourth-order valence-electron chi connectivity index (χ4n) is 3.24. The molecule has 1 aromatic heterocycles. The number of hydrogen-bond donors (Lipinski definition) is 1. The maximum atomic E-state index is 13.0. The van der Waals surface area contributed by atoms with Crippen LogP contribution in [0.1, 0.15) is 22.5 Å². The summed E-state index contributed by atoms with van der Waals surface area (Å²) in [5, 5.41) is 0. The maximum Gasteiger partial charge on any atom is 0.278 e. The first-order valence-electron chi connectivity index (χ1n) is 8.17. The summed E-state index contributed by atoms with van der Waals surface area (Å²) in [5.74, 6) is -0.200. The molecule has 4 rings (SSSR count). The molecule has 1 saturated heterocycles. The summed E-state index contributed by atoms with van der Waals surface area (Å²) >= 11 is 0. The van der Waals surface area contributed by atoms with Crippen LogP contribution in [0, 0.1) is 0 Å². The molecule has 0 saturated carbocycles. The molecule has 3 heterocycles. The highest BCUT2D eigenvalue weighted by Gasteiger charge is 2.47. The van der Waals surface area contributed by atoms with Crippen molar-refractivity contribution >= 4 is 5.91 Å². The second kappa shape index (κ2) is 5.93. The number of carbonyl (C=O) groups is 1. The second-order valence-corrected chi connectivity index (χ2v) is 6.31. The first-order chi connectivity index (χ1) is 12.1. The van der Waals surface area contributed by atoms with Gasteiger partial charge in [0.15, 0.2) is 17.1 Å². The van der Waals surface area contributed by atoms with E-state index >= 15 is 0 Å². The van der Waals surface area contributed by atoms with Crippen LogP contribution in [0.3, 0.4) is 0 Å². The summed E-state index contributed by atoms with van der Waals surface area (Å²) in [6.45, 7) is 1.21. The highest BCUT2D eigenvalue weighted by atomic mass is 16.5. The molecule has 1 fully saturated rings. The molecule has 1 spiro atoms. The Labute approximate surface area is 144 Å². The minimum absolute atomic E-state index is 0.0597. The second-order valence-electron chi connectivity index (χ2n) is 6.31. The van der Waals surface area contributed by atoms with Crippen molar-refractivity contribution in [2.24, 2.45) is 0 Å². The number of carbonyl (C=O) groups excluding carboxylic acids is 1. The van der Waals surface area contributed by atoms with E-state index in [-0.39, 0.29) is 29.4 Å². The zero-order valence-corrected chi connectivity index (χ0v) is 13.9. The van der Waals surface area contributed by atoms with Gasteiger partial charge in [-0.1, -0.05) is 30.3 Å². The molecule has 1 atom stereocenters. The molecule has 1 amide bonds. The van der Waals surface area contributed by atoms with Gasteiger partial charge in [0, 0.05) is 25.7 Å². The van der Waals surface area contributed by atoms with E-state index in [2.05, 4.69) is 5.43 Å². The summed E-state index contributed by atoms with van der Waals surface area (Å²) in [4.78, 5) is 26.9. The third-order valence-electron chi connectivity index (χ3n) is 4.76. The monoisotopic (exact) mass is 341 g/mol. The Bertz CT molecular complexity index is 856. The molecular formula is C18H19N3O4. The number of amides is 1. The van der Waals surface area contributed by atoms with Crippen LogP contribution in [0.25, 0.3) is 0 Å². The first-order valence-corrected chi connectivity index (χ1v) is 8.17. The predicted octanol–water partition coefficient (Wildman–Crippen LogP) is 1.17. The average molecular weight is 341 g/mol. The Morgan fingerprint density at radius 3 is 2.76 bits per heavy atom. The lowest BCUT2D eigenvalue weighted by atomic mass is 10.1. The van der Waals surface area contributed by atoms with Crippen LogP contribution in [0.15, 0.2) is 47.4 Å². The van der Waals surface area contributed by atoms with Gasteiger partial charge in [0.05, 0.1) is 13.2 Å². The number of fused-ring (bicyclic) bond motifs is 1. The summed E-state index contributed by atoms with van der Waals surface area (Å²) < 4.78 is 12.8. The SMILES string of the molecule is CN1C(=O)c2c(OCc3ccccc3)c(=O)ccn2NC12CCOC2. The smallest absolute Gasteiger partial charge is 0.278 e. The molecule has 0 bridgehead atoms. The molecule has 2 aromatic rings. The Balaban J connectivity index is 1.70. The number of nitrogens with zero attached hydrogens (tertiary/aromatic N) is 2. The van der Waals surface area contributed by atoms with Gasteiger partial charge < -0.3 is 14.4 Å². The Kier molecular flexibility index (Phi) is 3.73. The Hall–Kier alpha value is -2.80. The van der Waals surface area contributed by atoms with Crippen LogP contribution in [-0.4, -0.2) is 41.4 Å². The lowest BCUT2D eigenvalue weighted by molar-refractivity contribution is 0.0460. The van der Waals surface area contributed by atoms with E-state index in [0.717, 1.165) is 5.56 Å². The van der Waals surface area contributed by atoms with Gasteiger partial charge >= 0.3 is 0 Å². The molecule has 25 heavy (non-hydrogen) atoms. The van der Waals surface area contributed by atoms with Crippen LogP contribution in [0.2, 0.25) is 0 Å². The number of hydrogen-bond acceptors (Lipinski definition) is 5. The van der Waals surface area contributed by atoms with E-state index in [4.69, 9.17) is 9.47 Å². The topological polar surface area (TPSA) is 72.8 Å². The summed E-state index contributed by atoms with van der Waals surface area (Å²) in [6.07, 6.45) is 2.25. The third-order valence-corrected chi connectivity index (χ3v) is 4.76. The summed E-state index contributed by atoms with van der Waals surface area (Å²) in [7, 11) is 1.71. The Morgan fingerprint density at radius 2 is 2.04 bits per heavy atom. The van der Waals surface area contributed by atoms with E-state index in [1.807, 2.05) is 30.3 Å². The van der Waals surface area contributed by atoms with Crippen molar-refractivity contribution in [3.05, 3.63) is 64.1 Å². The van der Waals surface area contributed by atoms with Crippen LogP contribution < -0.4 is 15.6 Å². The maximum absolute atomic E-state index is 13.0. The number of nitrogens with one attached hydrogen (secondary N) is 1. The van der Waals surface area contributed by atoms with Gasteiger partial charge in [-0.15, -0.1) is 0 Å². The highest BCUT2D eigenvalue weighted by Crippen LogP contribution is 2.31. The molecule has 130 valence electrons. The molecular weight excluding hydrogens is 322 g/mol. The molecule has 0 radical (unpaired) electrons. The standard InChI is InChI=1S/C18H19N3O4/c1-20-17(23)15-16(25-11-13-5-3-2-4-6-13)14(22)7-9-21(15)19-18(20)8-10-24-12-18/h2-7,9,19H,8,10-12H2,1H3. The molecule has 0 aliphatic carbocycles. The van der Waals surface area contributed by atoms with E-state index in [0.29, 0.717) is 19.6 Å². The van der Waals surface area contributed by atoms with Gasteiger partial charge in [-0.3, -0.25) is 19.7 Å². The number of likely N-dealkylation sites (N-methyl/N-ethyl adjacent to an activating group) is 1. The zero-order chi connectivity index (χ0) is 17.4. The van der Waals surface area contributed by atoms with Crippen molar-refractivity contribution in [3.8, 4) is 5.75 Å². The van der Waals surface area contributed by atoms with E-state index in [1.165, 1.54) is 6.07 Å². The van der Waals surface area contributed by atoms with Crippen molar-refractivity contribution in [1.29, 1.82) is 0 Å². The van der Waals surface area contributed by atoms with Gasteiger partial charge in [-0.2, -0.15) is 0 Å². The minimum Gasteiger partial charge on any atom is -0.482 e. The first kappa shape index (κ1) is 15.7. The van der Waals surface area contributed by atoms with Crippen molar-refractivity contribution in [2.75, 3.05) is 25.7 Å². The fraction of sp³-hybridized carbons (Fsp3) is 0.333. The van der Waals surface area contributed by atoms with Crippen molar-refractivity contribution in [3.63, 3.8) is 0 Å². The van der Waals surface area contributed by atoms with Gasteiger partial charge in [0.2, 0.25) is 5.43 Å². The third kappa shape index (κ3) is 2.56. The Morgan fingerprint density at radius 1 is 1.24 bits per heavy atom. The van der Waals surface area contributed by atoms with Gasteiger partial charge in [-0.05, 0) is 5.56 Å².